The van der Waals surface area contributed by atoms with Gasteiger partial charge < -0.3 is 4.98 Å². The standard InChI is InChI=1S/C29H36N6O/c1-4-10-27(28-31-32-33-35(28)24-13-8-9-14-24)34(18-22-11-6-5-7-12-22)19-23-17-25-21(3)15-20(2)16-26(25)30-29(23)36/h5-7,11-12,15-17,24,27H,4,8-10,13-14,18-19H2,1-3H3,(H,30,36)/t27-/m0/s1. The van der Waals surface area contributed by atoms with Crippen LogP contribution >= 0.6 is 0 Å². The van der Waals surface area contributed by atoms with Crippen molar-refractivity contribution >= 4 is 10.9 Å². The molecule has 5 rings (SSSR count). The first kappa shape index (κ1) is 24.4. The van der Waals surface area contributed by atoms with Crippen LogP contribution in [-0.4, -0.2) is 30.1 Å². The highest BCUT2D eigenvalue weighted by Crippen LogP contribution is 2.34. The van der Waals surface area contributed by atoms with Gasteiger partial charge in [0.05, 0.1) is 12.1 Å². The van der Waals surface area contributed by atoms with Crippen molar-refractivity contribution < 1.29 is 0 Å². The molecule has 2 aromatic heterocycles. The molecule has 0 radical (unpaired) electrons. The van der Waals surface area contributed by atoms with Crippen LogP contribution in [0.15, 0.2) is 53.3 Å². The Morgan fingerprint density at radius 1 is 1.08 bits per heavy atom. The van der Waals surface area contributed by atoms with E-state index in [0.29, 0.717) is 19.1 Å². The average Bonchev–Trinajstić information content (AvgIpc) is 3.56. The van der Waals surface area contributed by atoms with Gasteiger partial charge in [-0.2, -0.15) is 0 Å². The second kappa shape index (κ2) is 10.7. The van der Waals surface area contributed by atoms with Crippen LogP contribution in [0, 0.1) is 13.8 Å². The van der Waals surface area contributed by atoms with Crippen molar-refractivity contribution in [2.24, 2.45) is 0 Å². The number of tetrazole rings is 1. The normalized spacial score (nSPS) is 15.2. The van der Waals surface area contributed by atoms with Gasteiger partial charge in [-0.1, -0.05) is 62.6 Å². The van der Waals surface area contributed by atoms with Crippen molar-refractivity contribution in [1.82, 2.24) is 30.1 Å². The van der Waals surface area contributed by atoms with Gasteiger partial charge >= 0.3 is 0 Å². The van der Waals surface area contributed by atoms with Crippen LogP contribution in [-0.2, 0) is 13.1 Å². The molecule has 1 fully saturated rings. The topological polar surface area (TPSA) is 79.7 Å². The van der Waals surface area contributed by atoms with E-state index in [2.05, 4.69) is 87.3 Å². The number of hydrogen-bond donors (Lipinski definition) is 1. The quantitative estimate of drug-likeness (QED) is 0.325. The number of nitrogens with one attached hydrogen (secondary N) is 1. The third-order valence-electron chi connectivity index (χ3n) is 7.48. The Balaban J connectivity index is 1.56. The van der Waals surface area contributed by atoms with Crippen LogP contribution in [0.2, 0.25) is 0 Å². The number of benzene rings is 2. The molecule has 1 aliphatic carbocycles. The van der Waals surface area contributed by atoms with E-state index >= 15 is 0 Å². The summed E-state index contributed by atoms with van der Waals surface area (Å²) in [5.74, 6) is 0.920. The van der Waals surface area contributed by atoms with Crippen LogP contribution in [0.5, 0.6) is 0 Å². The molecule has 0 amide bonds. The number of rotatable bonds is 9. The summed E-state index contributed by atoms with van der Waals surface area (Å²) in [6.45, 7) is 7.61. The van der Waals surface area contributed by atoms with Gasteiger partial charge in [-0.3, -0.25) is 9.69 Å². The maximum Gasteiger partial charge on any atom is 0.252 e. The Morgan fingerprint density at radius 3 is 2.61 bits per heavy atom. The van der Waals surface area contributed by atoms with Gasteiger partial charge in [-0.25, -0.2) is 4.68 Å². The number of nitrogens with zero attached hydrogens (tertiary/aromatic N) is 5. The number of aromatic nitrogens is 5. The summed E-state index contributed by atoms with van der Waals surface area (Å²) in [5.41, 5.74) is 5.17. The largest absolute Gasteiger partial charge is 0.322 e. The minimum absolute atomic E-state index is 0.0139. The first-order chi connectivity index (χ1) is 17.5. The summed E-state index contributed by atoms with van der Waals surface area (Å²) >= 11 is 0. The van der Waals surface area contributed by atoms with Gasteiger partial charge in [-0.05, 0) is 72.4 Å². The minimum Gasteiger partial charge on any atom is -0.322 e. The lowest BCUT2D eigenvalue weighted by molar-refractivity contribution is 0.153. The number of H-pyrrole nitrogens is 1. The van der Waals surface area contributed by atoms with Gasteiger partial charge in [0.15, 0.2) is 5.82 Å². The Morgan fingerprint density at radius 2 is 1.86 bits per heavy atom. The Bertz CT molecular complexity index is 1370. The molecule has 1 aliphatic rings. The zero-order valence-corrected chi connectivity index (χ0v) is 21.6. The summed E-state index contributed by atoms with van der Waals surface area (Å²) in [6, 6.07) is 17.1. The van der Waals surface area contributed by atoms with Gasteiger partial charge in [0.2, 0.25) is 0 Å². The van der Waals surface area contributed by atoms with Crippen LogP contribution < -0.4 is 5.56 Å². The van der Waals surface area contributed by atoms with Gasteiger partial charge in [0.1, 0.15) is 0 Å². The van der Waals surface area contributed by atoms with E-state index < -0.39 is 0 Å². The van der Waals surface area contributed by atoms with Crippen molar-refractivity contribution in [3.8, 4) is 0 Å². The highest BCUT2D eigenvalue weighted by Gasteiger charge is 2.30. The van der Waals surface area contributed by atoms with Crippen molar-refractivity contribution in [1.29, 1.82) is 0 Å². The lowest BCUT2D eigenvalue weighted by atomic mass is 10.0. The molecule has 1 N–H and O–H groups in total. The van der Waals surface area contributed by atoms with Crippen molar-refractivity contribution in [2.45, 2.75) is 84.5 Å². The van der Waals surface area contributed by atoms with Crippen LogP contribution in [0.4, 0.5) is 0 Å². The van der Waals surface area contributed by atoms with Crippen LogP contribution in [0.25, 0.3) is 10.9 Å². The SMILES string of the molecule is CCC[C@@H](c1nnnn1C1CCCC1)N(Cc1ccccc1)Cc1cc2c(C)cc(C)cc2[nH]c1=O. The van der Waals surface area contributed by atoms with Crippen molar-refractivity contribution in [3.63, 3.8) is 0 Å². The summed E-state index contributed by atoms with van der Waals surface area (Å²) in [6.07, 6.45) is 6.61. The predicted octanol–water partition coefficient (Wildman–Crippen LogP) is 5.79. The number of aromatic amines is 1. The van der Waals surface area contributed by atoms with Crippen LogP contribution in [0.1, 0.15) is 85.6 Å². The number of fused-ring (bicyclic) bond motifs is 1. The average molecular weight is 485 g/mol. The fourth-order valence-electron chi connectivity index (χ4n) is 5.72. The molecular formula is C29H36N6O. The smallest absolute Gasteiger partial charge is 0.252 e. The maximum atomic E-state index is 13.3. The second-order valence-electron chi connectivity index (χ2n) is 10.3. The molecule has 0 bridgehead atoms. The minimum atomic E-state index is -0.0313. The van der Waals surface area contributed by atoms with E-state index in [0.717, 1.165) is 53.5 Å². The third-order valence-corrected chi connectivity index (χ3v) is 7.48. The fraction of sp³-hybridized carbons (Fsp3) is 0.448. The molecule has 36 heavy (non-hydrogen) atoms. The summed E-state index contributed by atoms with van der Waals surface area (Å²) in [7, 11) is 0. The fourth-order valence-corrected chi connectivity index (χ4v) is 5.72. The highest BCUT2D eigenvalue weighted by atomic mass is 16.1. The molecule has 0 saturated heterocycles. The zero-order valence-electron chi connectivity index (χ0n) is 21.6. The number of aryl methyl sites for hydroxylation is 2. The lowest BCUT2D eigenvalue weighted by Crippen LogP contribution is -2.33. The van der Waals surface area contributed by atoms with E-state index in [9.17, 15) is 4.79 Å². The second-order valence-corrected chi connectivity index (χ2v) is 10.3. The third kappa shape index (κ3) is 5.12. The van der Waals surface area contributed by atoms with E-state index in [-0.39, 0.29) is 11.6 Å². The Kier molecular flexibility index (Phi) is 7.28. The number of pyridine rings is 1. The molecule has 1 saturated carbocycles. The van der Waals surface area contributed by atoms with Gasteiger partial charge in [0.25, 0.3) is 5.56 Å². The van der Waals surface area contributed by atoms with Crippen molar-refractivity contribution in [2.75, 3.05) is 0 Å². The summed E-state index contributed by atoms with van der Waals surface area (Å²) in [4.78, 5) is 18.8. The Hall–Kier alpha value is -3.32. The summed E-state index contributed by atoms with van der Waals surface area (Å²) in [5, 5.41) is 14.2. The molecule has 0 aliphatic heterocycles. The summed E-state index contributed by atoms with van der Waals surface area (Å²) < 4.78 is 2.07. The molecule has 7 heteroatoms. The molecule has 2 heterocycles. The molecule has 188 valence electrons. The van der Waals surface area contributed by atoms with E-state index in [1.54, 1.807) is 0 Å². The van der Waals surface area contributed by atoms with Gasteiger partial charge in [-0.15, -0.1) is 5.10 Å². The predicted molar refractivity (Wildman–Crippen MR) is 143 cm³/mol. The molecule has 1 atom stereocenters. The van der Waals surface area contributed by atoms with E-state index in [4.69, 9.17) is 0 Å². The van der Waals surface area contributed by atoms with Crippen molar-refractivity contribution in [3.05, 3.63) is 87.0 Å². The lowest BCUT2D eigenvalue weighted by Gasteiger charge is -2.31. The monoisotopic (exact) mass is 484 g/mol. The van der Waals surface area contributed by atoms with E-state index in [1.807, 2.05) is 12.1 Å². The molecular weight excluding hydrogens is 448 g/mol. The highest BCUT2D eigenvalue weighted by molar-refractivity contribution is 5.83. The van der Waals surface area contributed by atoms with E-state index in [1.165, 1.54) is 24.0 Å². The molecule has 2 aromatic carbocycles. The molecule has 4 aromatic rings. The molecule has 7 nitrogen and oxygen atoms in total. The zero-order chi connectivity index (χ0) is 25.1. The maximum absolute atomic E-state index is 13.3. The first-order valence-corrected chi connectivity index (χ1v) is 13.2. The first-order valence-electron chi connectivity index (χ1n) is 13.2. The Labute approximate surface area is 212 Å². The molecule has 0 spiro atoms. The number of hydrogen-bond acceptors (Lipinski definition) is 5. The van der Waals surface area contributed by atoms with Crippen LogP contribution in [0.3, 0.4) is 0 Å². The molecule has 0 unspecified atom stereocenters. The van der Waals surface area contributed by atoms with Gasteiger partial charge in [0, 0.05) is 29.6 Å².